The zero-order valence-corrected chi connectivity index (χ0v) is 46.8. The van der Waals surface area contributed by atoms with Crippen LogP contribution in [0.1, 0.15) is 309 Å². The number of hydrogen-bond acceptors (Lipinski definition) is 3. The Labute approximate surface area is 437 Å². The Hall–Kier alpha value is -2.43. The number of rotatable bonds is 56. The van der Waals surface area contributed by atoms with E-state index in [0.29, 0.717) is 12.8 Å². The molecule has 0 bridgehead atoms. The number of nitrogens with one attached hydrogen (secondary N) is 1. The van der Waals surface area contributed by atoms with E-state index in [0.717, 1.165) is 70.6 Å². The second-order valence-corrected chi connectivity index (χ2v) is 20.7. The van der Waals surface area contributed by atoms with E-state index in [9.17, 15) is 15.0 Å². The Morgan fingerprint density at radius 3 is 0.943 bits per heavy atom. The summed E-state index contributed by atoms with van der Waals surface area (Å²) in [5, 5.41) is 23.4. The highest BCUT2D eigenvalue weighted by molar-refractivity contribution is 5.76. The Bertz CT molecular complexity index is 1240. The van der Waals surface area contributed by atoms with Gasteiger partial charge in [-0.2, -0.15) is 0 Å². The monoisotopic (exact) mass is 974 g/mol. The fourth-order valence-corrected chi connectivity index (χ4v) is 9.29. The molecule has 4 nitrogen and oxygen atoms in total. The van der Waals surface area contributed by atoms with Crippen LogP contribution in [0.25, 0.3) is 0 Å². The predicted octanol–water partition coefficient (Wildman–Crippen LogP) is 20.7. The lowest BCUT2D eigenvalue weighted by molar-refractivity contribution is -0.123. The van der Waals surface area contributed by atoms with Gasteiger partial charge in [-0.05, 0) is 70.6 Å². The van der Waals surface area contributed by atoms with Gasteiger partial charge in [-0.1, -0.05) is 317 Å². The van der Waals surface area contributed by atoms with E-state index in [4.69, 9.17) is 0 Å². The Morgan fingerprint density at radius 1 is 0.357 bits per heavy atom. The molecule has 0 saturated carbocycles. The van der Waals surface area contributed by atoms with Crippen molar-refractivity contribution in [2.45, 2.75) is 321 Å². The van der Waals surface area contributed by atoms with Crippen molar-refractivity contribution in [3.8, 4) is 0 Å². The Kier molecular flexibility index (Phi) is 58.8. The number of allylic oxidation sites excluding steroid dienone is 14. The van der Waals surface area contributed by atoms with Crippen LogP contribution in [0.5, 0.6) is 0 Å². The van der Waals surface area contributed by atoms with Crippen LogP contribution >= 0.6 is 0 Å². The smallest absolute Gasteiger partial charge is 0.220 e. The van der Waals surface area contributed by atoms with Gasteiger partial charge in [-0.15, -0.1) is 0 Å². The normalized spacial score (nSPS) is 13.4. The van der Waals surface area contributed by atoms with Crippen LogP contribution in [-0.4, -0.2) is 34.9 Å². The summed E-state index contributed by atoms with van der Waals surface area (Å²) >= 11 is 0. The van der Waals surface area contributed by atoms with Crippen molar-refractivity contribution in [3.05, 3.63) is 85.1 Å². The summed E-state index contributed by atoms with van der Waals surface area (Å²) in [6.07, 6.45) is 88.7. The van der Waals surface area contributed by atoms with Gasteiger partial charge in [0.15, 0.2) is 0 Å². The molecule has 0 aliphatic rings. The lowest BCUT2D eigenvalue weighted by atomic mass is 10.0. The second-order valence-electron chi connectivity index (χ2n) is 20.7. The summed E-state index contributed by atoms with van der Waals surface area (Å²) in [5.41, 5.74) is 0. The zero-order chi connectivity index (χ0) is 50.6. The molecule has 0 aliphatic heterocycles. The van der Waals surface area contributed by atoms with Crippen LogP contribution in [0.2, 0.25) is 0 Å². The first-order chi connectivity index (χ1) is 34.7. The predicted molar refractivity (Wildman–Crippen MR) is 313 cm³/mol. The zero-order valence-electron chi connectivity index (χ0n) is 46.8. The van der Waals surface area contributed by atoms with Crippen LogP contribution in [0, 0.1) is 0 Å². The highest BCUT2D eigenvalue weighted by Gasteiger charge is 2.20. The van der Waals surface area contributed by atoms with Gasteiger partial charge >= 0.3 is 0 Å². The molecule has 2 unspecified atom stereocenters. The summed E-state index contributed by atoms with van der Waals surface area (Å²) in [6.45, 7) is 4.27. The fourth-order valence-electron chi connectivity index (χ4n) is 9.29. The van der Waals surface area contributed by atoms with E-state index in [1.807, 2.05) is 0 Å². The van der Waals surface area contributed by atoms with Gasteiger partial charge in [0.05, 0.1) is 18.8 Å². The Morgan fingerprint density at radius 2 is 0.629 bits per heavy atom. The van der Waals surface area contributed by atoms with Crippen LogP contribution in [-0.2, 0) is 4.79 Å². The number of unbranched alkanes of at least 4 members (excludes halogenated alkanes) is 35. The minimum atomic E-state index is -0.669. The van der Waals surface area contributed by atoms with Crippen LogP contribution in [0.4, 0.5) is 0 Å². The second kappa shape index (κ2) is 60.9. The molecule has 1 amide bonds. The maximum absolute atomic E-state index is 12.5. The molecule has 0 heterocycles. The molecule has 0 radical (unpaired) electrons. The topological polar surface area (TPSA) is 69.6 Å². The lowest BCUT2D eigenvalue weighted by Crippen LogP contribution is -2.45. The third-order valence-electron chi connectivity index (χ3n) is 13.9. The fraction of sp³-hybridized carbons (Fsp3) is 0.773. The maximum atomic E-state index is 12.5. The van der Waals surface area contributed by atoms with Crippen LogP contribution in [0.15, 0.2) is 85.1 Å². The van der Waals surface area contributed by atoms with Crippen molar-refractivity contribution in [1.29, 1.82) is 0 Å². The van der Waals surface area contributed by atoms with Gasteiger partial charge in [0.1, 0.15) is 0 Å². The van der Waals surface area contributed by atoms with Crippen molar-refractivity contribution in [3.63, 3.8) is 0 Å². The molecule has 70 heavy (non-hydrogen) atoms. The molecule has 3 N–H and O–H groups in total. The first-order valence-electron chi connectivity index (χ1n) is 30.8. The van der Waals surface area contributed by atoms with E-state index >= 15 is 0 Å². The molecule has 0 saturated heterocycles. The molecule has 0 aromatic heterocycles. The Balaban J connectivity index is 3.51. The average Bonchev–Trinajstić information content (AvgIpc) is 3.36. The summed E-state index contributed by atoms with van der Waals surface area (Å²) in [5.74, 6) is -0.0373. The van der Waals surface area contributed by atoms with Gasteiger partial charge in [0.2, 0.25) is 5.91 Å². The number of carbonyl (C=O) groups excluding carboxylic acids is 1. The number of carbonyl (C=O) groups is 1. The van der Waals surface area contributed by atoms with Crippen molar-refractivity contribution >= 4 is 5.91 Å². The van der Waals surface area contributed by atoms with Crippen molar-refractivity contribution in [1.82, 2.24) is 5.32 Å². The number of hydrogen-bond donors (Lipinski definition) is 3. The van der Waals surface area contributed by atoms with Crippen LogP contribution < -0.4 is 5.32 Å². The van der Waals surface area contributed by atoms with Gasteiger partial charge in [-0.25, -0.2) is 0 Å². The quantitative estimate of drug-likeness (QED) is 0.0420. The molecular formula is C66H119NO3. The van der Waals surface area contributed by atoms with Crippen molar-refractivity contribution in [2.24, 2.45) is 0 Å². The van der Waals surface area contributed by atoms with Gasteiger partial charge in [-0.3, -0.25) is 4.79 Å². The molecular weight excluding hydrogens is 855 g/mol. The van der Waals surface area contributed by atoms with Crippen LogP contribution in [0.3, 0.4) is 0 Å². The molecule has 0 aromatic rings. The molecule has 0 aliphatic carbocycles. The van der Waals surface area contributed by atoms with Gasteiger partial charge < -0.3 is 15.5 Å². The summed E-state index contributed by atoms with van der Waals surface area (Å²) in [6, 6.07) is -0.547. The highest BCUT2D eigenvalue weighted by Crippen LogP contribution is 2.18. The van der Waals surface area contributed by atoms with Gasteiger partial charge in [0, 0.05) is 6.42 Å². The van der Waals surface area contributed by atoms with Gasteiger partial charge in [0.25, 0.3) is 0 Å². The van der Waals surface area contributed by atoms with E-state index in [1.165, 1.54) is 212 Å². The van der Waals surface area contributed by atoms with Crippen molar-refractivity contribution in [2.75, 3.05) is 6.61 Å². The standard InChI is InChI=1S/C66H119NO3/c1-3-5-7-9-11-13-15-17-19-21-23-25-27-29-31-32-33-34-36-38-40-42-44-46-48-50-52-54-56-58-60-62-66(70)67-64(63-68)65(69)61-59-57-55-53-51-49-47-45-43-41-39-37-35-30-28-26-24-22-20-18-16-14-12-10-8-6-4-2/h5,7,11,13,17,19,23,25,29,31,33-34,38,40,64-65,68-69H,3-4,6,8-10,12,14-16,18,20-22,24,26-28,30,32,35-37,39,41-63H2,1-2H3,(H,67,70)/b7-5-,13-11-,19-17-,25-23-,31-29-,34-33-,40-38-. The number of aliphatic hydroxyl groups excluding tert-OH is 2. The lowest BCUT2D eigenvalue weighted by Gasteiger charge is -2.22. The average molecular weight is 975 g/mol. The molecule has 4 heteroatoms. The molecule has 406 valence electrons. The molecule has 0 aromatic carbocycles. The van der Waals surface area contributed by atoms with E-state index in [-0.39, 0.29) is 12.5 Å². The first-order valence-corrected chi connectivity index (χ1v) is 30.8. The third-order valence-corrected chi connectivity index (χ3v) is 13.9. The first kappa shape index (κ1) is 67.6. The molecule has 0 rings (SSSR count). The van der Waals surface area contributed by atoms with E-state index in [2.05, 4.69) is 104 Å². The van der Waals surface area contributed by atoms with E-state index < -0.39 is 12.1 Å². The molecule has 0 fully saturated rings. The van der Waals surface area contributed by atoms with E-state index in [1.54, 1.807) is 0 Å². The maximum Gasteiger partial charge on any atom is 0.220 e. The summed E-state index contributed by atoms with van der Waals surface area (Å²) < 4.78 is 0. The third kappa shape index (κ3) is 56.5. The largest absolute Gasteiger partial charge is 0.394 e. The molecule has 2 atom stereocenters. The minimum Gasteiger partial charge on any atom is -0.394 e. The summed E-state index contributed by atoms with van der Waals surface area (Å²) in [7, 11) is 0. The highest BCUT2D eigenvalue weighted by atomic mass is 16.3. The SMILES string of the molecule is CC/C=C\C/C=C\C/C=C\C/C=C\C/C=C\C/C=C\C/C=C\CCCCCCCCCCCC(=O)NC(CO)C(O)CCCCCCCCCCCCCCCCCCCCCCCCCCCCC. The number of aliphatic hydroxyl groups is 2. The summed E-state index contributed by atoms with van der Waals surface area (Å²) in [4.78, 5) is 12.5. The van der Waals surface area contributed by atoms with Crippen molar-refractivity contribution < 1.29 is 15.0 Å². The number of amides is 1. The molecule has 0 spiro atoms. The minimum absolute atomic E-state index is 0.0373.